The van der Waals surface area contributed by atoms with E-state index in [2.05, 4.69) is 9.98 Å². The third kappa shape index (κ3) is 1.45. The summed E-state index contributed by atoms with van der Waals surface area (Å²) in [5, 5.41) is 0. The average molecular weight is 224 g/mol. The highest BCUT2D eigenvalue weighted by Crippen LogP contribution is 2.28. The van der Waals surface area contributed by atoms with Crippen LogP contribution in [-0.4, -0.2) is 24.0 Å². The summed E-state index contributed by atoms with van der Waals surface area (Å²) in [6.07, 6.45) is 3.11. The maximum atomic E-state index is 12.2. The molecule has 1 heterocycles. The lowest BCUT2D eigenvalue weighted by Crippen LogP contribution is -2.20. The molecule has 0 saturated heterocycles. The number of carbonyl (C=O) groups is 2. The van der Waals surface area contributed by atoms with Gasteiger partial charge in [0, 0.05) is 30.0 Å². The summed E-state index contributed by atoms with van der Waals surface area (Å²) < 4.78 is 0. The first-order valence-electron chi connectivity index (χ1n) is 5.24. The van der Waals surface area contributed by atoms with Gasteiger partial charge >= 0.3 is 0 Å². The monoisotopic (exact) mass is 224 g/mol. The molecule has 2 aliphatic rings. The first-order valence-corrected chi connectivity index (χ1v) is 5.24. The van der Waals surface area contributed by atoms with Gasteiger partial charge in [-0.3, -0.25) is 9.59 Å². The Labute approximate surface area is 97.4 Å². The fourth-order valence-electron chi connectivity index (χ4n) is 2.00. The first kappa shape index (κ1) is 9.84. The topological polar surface area (TPSA) is 58.9 Å². The summed E-state index contributed by atoms with van der Waals surface area (Å²) in [4.78, 5) is 32.1. The number of allylic oxidation sites excluding steroid dienone is 1. The van der Waals surface area contributed by atoms with Crippen molar-refractivity contribution in [3.05, 3.63) is 46.8 Å². The molecule has 3 rings (SSSR count). The minimum absolute atomic E-state index is 0.0556. The zero-order valence-corrected chi connectivity index (χ0v) is 8.88. The molecule has 0 radical (unpaired) electrons. The van der Waals surface area contributed by atoms with Gasteiger partial charge in [0.25, 0.3) is 0 Å². The van der Waals surface area contributed by atoms with E-state index in [1.54, 1.807) is 24.3 Å². The minimum atomic E-state index is -0.147. The molecule has 1 aliphatic carbocycles. The maximum absolute atomic E-state index is 12.2. The summed E-state index contributed by atoms with van der Waals surface area (Å²) in [5.74, 6) is 0.157. The van der Waals surface area contributed by atoms with Gasteiger partial charge in [-0.05, 0) is 0 Å². The van der Waals surface area contributed by atoms with Crippen molar-refractivity contribution >= 4 is 24.0 Å². The largest absolute Gasteiger partial charge is 0.294 e. The quantitative estimate of drug-likeness (QED) is 0.631. The van der Waals surface area contributed by atoms with Crippen molar-refractivity contribution < 1.29 is 9.59 Å². The molecule has 0 fully saturated rings. The van der Waals surface area contributed by atoms with Crippen LogP contribution in [0.1, 0.15) is 27.1 Å². The predicted octanol–water partition coefficient (Wildman–Crippen LogP) is 1.82. The number of Topliss-reactive ketones (excluding diaryl/α,β-unsaturated/α-hetero) is 2. The fraction of sp³-hybridized carbons (Fsp3) is 0.0769. The number of fused-ring (bicyclic) bond motifs is 1. The van der Waals surface area contributed by atoms with E-state index in [1.807, 2.05) is 0 Å². The van der Waals surface area contributed by atoms with Crippen molar-refractivity contribution in [2.75, 3.05) is 0 Å². The molecule has 0 spiro atoms. The predicted molar refractivity (Wildman–Crippen MR) is 63.7 cm³/mol. The van der Waals surface area contributed by atoms with Crippen molar-refractivity contribution in [1.82, 2.24) is 0 Å². The highest BCUT2D eigenvalue weighted by atomic mass is 16.1. The average Bonchev–Trinajstić information content (AvgIpc) is 2.87. The number of ketones is 2. The number of nitrogens with zero attached hydrogens (tertiary/aromatic N) is 2. The van der Waals surface area contributed by atoms with E-state index in [0.29, 0.717) is 22.5 Å². The Hall–Kier alpha value is -2.36. The lowest BCUT2D eigenvalue weighted by molar-refractivity contribution is 0.0934. The second kappa shape index (κ2) is 3.59. The number of rotatable bonds is 0. The van der Waals surface area contributed by atoms with Crippen LogP contribution in [0.15, 0.2) is 45.6 Å². The van der Waals surface area contributed by atoms with Crippen LogP contribution in [0.25, 0.3) is 0 Å². The van der Waals surface area contributed by atoms with Gasteiger partial charge < -0.3 is 0 Å². The first-order chi connectivity index (χ1) is 8.27. The molecule has 0 amide bonds. The third-order valence-corrected chi connectivity index (χ3v) is 2.81. The number of carbonyl (C=O) groups excluding carboxylic acids is 2. The molecule has 0 bridgehead atoms. The molecule has 0 aromatic heterocycles. The second-order valence-electron chi connectivity index (χ2n) is 3.83. The summed E-state index contributed by atoms with van der Waals surface area (Å²) in [6, 6.07) is 6.85. The van der Waals surface area contributed by atoms with Gasteiger partial charge in [0.2, 0.25) is 0 Å². The molecular formula is C13H8N2O2. The molecule has 4 nitrogen and oxygen atoms in total. The second-order valence-corrected chi connectivity index (χ2v) is 3.83. The molecule has 0 N–H and O–H groups in total. The number of aliphatic imine (C=N–C) groups is 2. The van der Waals surface area contributed by atoms with Gasteiger partial charge in [0.05, 0.1) is 5.57 Å². The lowest BCUT2D eigenvalue weighted by Gasteiger charge is -2.16. The van der Waals surface area contributed by atoms with Crippen LogP contribution in [0.4, 0.5) is 0 Å². The highest BCUT2D eigenvalue weighted by Gasteiger charge is 2.30. The summed E-state index contributed by atoms with van der Waals surface area (Å²) in [7, 11) is 0. The Kier molecular flexibility index (Phi) is 2.08. The number of benzene rings is 1. The third-order valence-electron chi connectivity index (χ3n) is 2.81. The lowest BCUT2D eigenvalue weighted by atomic mass is 9.86. The molecular weight excluding hydrogens is 216 g/mol. The standard InChI is InChI=1S/C13H8N2O2/c16-11-7-10(13-14-5-6-15-13)12(17)9-4-2-1-3-8(9)11/h1-6H,7H2. The fourth-order valence-corrected chi connectivity index (χ4v) is 2.00. The molecule has 17 heavy (non-hydrogen) atoms. The number of hydrogen-bond donors (Lipinski definition) is 0. The minimum Gasteiger partial charge on any atom is -0.294 e. The van der Waals surface area contributed by atoms with Crippen LogP contribution >= 0.6 is 0 Å². The molecule has 0 saturated carbocycles. The summed E-state index contributed by atoms with van der Waals surface area (Å²) in [6.45, 7) is 0. The SMILES string of the molecule is O=C1CC(=C2N=CC=N2)C(=O)c2ccccc21. The van der Waals surface area contributed by atoms with Crippen LogP contribution in [0.5, 0.6) is 0 Å². The van der Waals surface area contributed by atoms with E-state index in [-0.39, 0.29) is 18.0 Å². The van der Waals surface area contributed by atoms with Crippen LogP contribution in [0, 0.1) is 0 Å². The van der Waals surface area contributed by atoms with E-state index < -0.39 is 0 Å². The van der Waals surface area contributed by atoms with Crippen molar-refractivity contribution in [3.8, 4) is 0 Å². The van der Waals surface area contributed by atoms with Gasteiger partial charge in [0.15, 0.2) is 17.4 Å². The van der Waals surface area contributed by atoms with E-state index in [0.717, 1.165) is 0 Å². The number of hydrogen-bond acceptors (Lipinski definition) is 4. The van der Waals surface area contributed by atoms with Crippen molar-refractivity contribution in [2.24, 2.45) is 9.98 Å². The molecule has 1 aromatic carbocycles. The van der Waals surface area contributed by atoms with Crippen LogP contribution in [0.2, 0.25) is 0 Å². The normalized spacial score (nSPS) is 17.9. The van der Waals surface area contributed by atoms with Crippen molar-refractivity contribution in [2.45, 2.75) is 6.42 Å². The van der Waals surface area contributed by atoms with Crippen molar-refractivity contribution in [3.63, 3.8) is 0 Å². The van der Waals surface area contributed by atoms with Crippen LogP contribution < -0.4 is 0 Å². The Morgan fingerprint density at radius 3 is 2.29 bits per heavy atom. The van der Waals surface area contributed by atoms with E-state index >= 15 is 0 Å². The molecule has 1 aromatic rings. The van der Waals surface area contributed by atoms with Gasteiger partial charge in [0.1, 0.15) is 0 Å². The highest BCUT2D eigenvalue weighted by molar-refractivity contribution is 6.24. The Morgan fingerprint density at radius 2 is 1.59 bits per heavy atom. The van der Waals surface area contributed by atoms with Crippen LogP contribution in [-0.2, 0) is 0 Å². The van der Waals surface area contributed by atoms with Gasteiger partial charge in [-0.25, -0.2) is 9.98 Å². The molecule has 0 unspecified atom stereocenters. The van der Waals surface area contributed by atoms with E-state index in [1.165, 1.54) is 12.4 Å². The van der Waals surface area contributed by atoms with Gasteiger partial charge in [-0.15, -0.1) is 0 Å². The van der Waals surface area contributed by atoms with E-state index in [9.17, 15) is 9.59 Å². The van der Waals surface area contributed by atoms with Crippen molar-refractivity contribution in [1.29, 1.82) is 0 Å². The maximum Gasteiger partial charge on any atom is 0.193 e. The Bertz CT molecular complexity index is 610. The van der Waals surface area contributed by atoms with Crippen LogP contribution in [0.3, 0.4) is 0 Å². The smallest absolute Gasteiger partial charge is 0.193 e. The summed E-state index contributed by atoms with van der Waals surface area (Å²) in [5.41, 5.74) is 1.33. The Balaban J connectivity index is 2.19. The molecule has 82 valence electrons. The Morgan fingerprint density at radius 1 is 0.941 bits per heavy atom. The zero-order valence-electron chi connectivity index (χ0n) is 8.88. The summed E-state index contributed by atoms with van der Waals surface area (Å²) >= 11 is 0. The van der Waals surface area contributed by atoms with Gasteiger partial charge in [-0.1, -0.05) is 24.3 Å². The van der Waals surface area contributed by atoms with E-state index in [4.69, 9.17) is 0 Å². The molecule has 0 atom stereocenters. The zero-order chi connectivity index (χ0) is 11.8. The molecule has 1 aliphatic heterocycles. The molecule has 4 heteroatoms. The van der Waals surface area contributed by atoms with Gasteiger partial charge in [-0.2, -0.15) is 0 Å².